The van der Waals surface area contributed by atoms with Crippen molar-refractivity contribution in [1.29, 1.82) is 0 Å². The van der Waals surface area contributed by atoms with E-state index in [4.69, 9.17) is 4.74 Å². The van der Waals surface area contributed by atoms with Crippen molar-refractivity contribution in [2.24, 2.45) is 0 Å². The maximum Gasteiger partial charge on any atom is 0.0884 e. The summed E-state index contributed by atoms with van der Waals surface area (Å²) < 4.78 is 5.69. The molecule has 2 nitrogen and oxygen atoms in total. The van der Waals surface area contributed by atoms with E-state index in [2.05, 4.69) is 12.1 Å². The lowest BCUT2D eigenvalue weighted by atomic mass is 9.85. The van der Waals surface area contributed by atoms with Crippen LogP contribution in [0.5, 0.6) is 0 Å². The summed E-state index contributed by atoms with van der Waals surface area (Å²) in [7, 11) is 0. The van der Waals surface area contributed by atoms with Crippen LogP contribution in [-0.2, 0) is 4.74 Å². The SMILES string of the molecule is CC1(C)OC[C@@H](c2ccccc2)C[C@@H]1O. The third-order valence-electron chi connectivity index (χ3n) is 3.24. The van der Waals surface area contributed by atoms with Crippen molar-refractivity contribution in [3.63, 3.8) is 0 Å². The molecule has 0 unspecified atom stereocenters. The van der Waals surface area contributed by atoms with Crippen LogP contribution in [0.2, 0.25) is 0 Å². The molecule has 1 N–H and O–H groups in total. The molecule has 0 amide bonds. The van der Waals surface area contributed by atoms with E-state index in [9.17, 15) is 5.11 Å². The van der Waals surface area contributed by atoms with Crippen molar-refractivity contribution in [2.75, 3.05) is 6.61 Å². The fraction of sp³-hybridized carbons (Fsp3) is 0.538. The molecule has 82 valence electrons. The molecule has 0 aliphatic carbocycles. The number of aliphatic hydroxyl groups excluding tert-OH is 1. The Balaban J connectivity index is 2.10. The van der Waals surface area contributed by atoms with Crippen molar-refractivity contribution in [3.05, 3.63) is 35.9 Å². The summed E-state index contributed by atoms with van der Waals surface area (Å²) >= 11 is 0. The highest BCUT2D eigenvalue weighted by molar-refractivity contribution is 5.20. The van der Waals surface area contributed by atoms with E-state index in [1.165, 1.54) is 5.56 Å². The zero-order chi connectivity index (χ0) is 10.9. The molecular formula is C13H18O2. The first-order valence-electron chi connectivity index (χ1n) is 5.46. The molecule has 0 spiro atoms. The molecule has 1 aromatic carbocycles. The van der Waals surface area contributed by atoms with Crippen LogP contribution in [0.25, 0.3) is 0 Å². The normalized spacial score (nSPS) is 30.1. The third-order valence-corrected chi connectivity index (χ3v) is 3.24. The molecule has 15 heavy (non-hydrogen) atoms. The van der Waals surface area contributed by atoms with E-state index >= 15 is 0 Å². The van der Waals surface area contributed by atoms with Crippen molar-refractivity contribution in [2.45, 2.75) is 37.9 Å². The van der Waals surface area contributed by atoms with Gasteiger partial charge in [-0.15, -0.1) is 0 Å². The molecule has 2 heteroatoms. The Morgan fingerprint density at radius 2 is 1.93 bits per heavy atom. The van der Waals surface area contributed by atoms with E-state index in [0.717, 1.165) is 6.42 Å². The lowest BCUT2D eigenvalue weighted by Crippen LogP contribution is -2.45. The summed E-state index contributed by atoms with van der Waals surface area (Å²) in [5.74, 6) is 0.328. The Labute approximate surface area is 90.9 Å². The predicted molar refractivity (Wildman–Crippen MR) is 59.8 cm³/mol. The molecule has 1 aliphatic rings. The third kappa shape index (κ3) is 2.21. The monoisotopic (exact) mass is 206 g/mol. The molecule has 2 atom stereocenters. The summed E-state index contributed by atoms with van der Waals surface area (Å²) in [5, 5.41) is 9.94. The van der Waals surface area contributed by atoms with E-state index in [-0.39, 0.29) is 6.10 Å². The van der Waals surface area contributed by atoms with Crippen LogP contribution >= 0.6 is 0 Å². The van der Waals surface area contributed by atoms with Gasteiger partial charge in [0.25, 0.3) is 0 Å². The van der Waals surface area contributed by atoms with Gasteiger partial charge in [0, 0.05) is 5.92 Å². The number of rotatable bonds is 1. The summed E-state index contributed by atoms with van der Waals surface area (Å²) in [4.78, 5) is 0. The minimum absolute atomic E-state index is 0.328. The van der Waals surface area contributed by atoms with Gasteiger partial charge in [-0.1, -0.05) is 30.3 Å². The Kier molecular flexibility index (Phi) is 2.81. The Bertz CT molecular complexity index is 319. The minimum atomic E-state index is -0.398. The van der Waals surface area contributed by atoms with Gasteiger partial charge < -0.3 is 9.84 Å². The summed E-state index contributed by atoms with van der Waals surface area (Å²) in [6.07, 6.45) is 0.410. The lowest BCUT2D eigenvalue weighted by molar-refractivity contribution is -0.140. The van der Waals surface area contributed by atoms with Gasteiger partial charge in [-0.2, -0.15) is 0 Å². The number of benzene rings is 1. The van der Waals surface area contributed by atoms with Crippen LogP contribution in [0, 0.1) is 0 Å². The fourth-order valence-corrected chi connectivity index (χ4v) is 1.99. The topological polar surface area (TPSA) is 29.5 Å². The van der Waals surface area contributed by atoms with Crippen molar-refractivity contribution in [3.8, 4) is 0 Å². The van der Waals surface area contributed by atoms with Crippen LogP contribution in [0.1, 0.15) is 31.7 Å². The van der Waals surface area contributed by atoms with E-state index in [0.29, 0.717) is 12.5 Å². The Hall–Kier alpha value is -0.860. The molecule has 2 rings (SSSR count). The van der Waals surface area contributed by atoms with Gasteiger partial charge in [0.2, 0.25) is 0 Å². The van der Waals surface area contributed by atoms with Crippen LogP contribution in [-0.4, -0.2) is 23.4 Å². The molecule has 0 radical (unpaired) electrons. The first-order chi connectivity index (χ1) is 7.09. The van der Waals surface area contributed by atoms with E-state index < -0.39 is 5.60 Å². The minimum Gasteiger partial charge on any atom is -0.390 e. The number of hydrogen-bond acceptors (Lipinski definition) is 2. The second kappa shape index (κ2) is 3.95. The number of aliphatic hydroxyl groups is 1. The lowest BCUT2D eigenvalue weighted by Gasteiger charge is -2.39. The average molecular weight is 206 g/mol. The molecule has 1 heterocycles. The molecule has 1 aromatic rings. The van der Waals surface area contributed by atoms with E-state index in [1.54, 1.807) is 0 Å². The first kappa shape index (κ1) is 10.7. The first-order valence-corrected chi connectivity index (χ1v) is 5.46. The average Bonchev–Trinajstić information content (AvgIpc) is 2.23. The highest BCUT2D eigenvalue weighted by Gasteiger charge is 2.36. The Morgan fingerprint density at radius 3 is 2.53 bits per heavy atom. The van der Waals surface area contributed by atoms with Gasteiger partial charge >= 0.3 is 0 Å². The molecular weight excluding hydrogens is 188 g/mol. The zero-order valence-corrected chi connectivity index (χ0v) is 9.31. The largest absolute Gasteiger partial charge is 0.390 e. The highest BCUT2D eigenvalue weighted by atomic mass is 16.5. The number of hydrogen-bond donors (Lipinski definition) is 1. The Morgan fingerprint density at radius 1 is 1.27 bits per heavy atom. The quantitative estimate of drug-likeness (QED) is 0.764. The van der Waals surface area contributed by atoms with Gasteiger partial charge in [0.05, 0.1) is 18.3 Å². The second-order valence-electron chi connectivity index (χ2n) is 4.77. The van der Waals surface area contributed by atoms with Gasteiger partial charge in [0.1, 0.15) is 0 Å². The number of ether oxygens (including phenoxy) is 1. The highest BCUT2D eigenvalue weighted by Crippen LogP contribution is 2.33. The van der Waals surface area contributed by atoms with Crippen LogP contribution < -0.4 is 0 Å². The van der Waals surface area contributed by atoms with Crippen molar-refractivity contribution >= 4 is 0 Å². The fourth-order valence-electron chi connectivity index (χ4n) is 1.99. The summed E-state index contributed by atoms with van der Waals surface area (Å²) in [6.45, 7) is 4.59. The predicted octanol–water partition coefficient (Wildman–Crippen LogP) is 2.33. The maximum atomic E-state index is 9.94. The molecule has 1 saturated heterocycles. The van der Waals surface area contributed by atoms with Crippen LogP contribution in [0.4, 0.5) is 0 Å². The maximum absolute atomic E-state index is 9.94. The van der Waals surface area contributed by atoms with Gasteiger partial charge in [-0.05, 0) is 25.8 Å². The molecule has 1 fully saturated rings. The van der Waals surface area contributed by atoms with E-state index in [1.807, 2.05) is 32.0 Å². The smallest absolute Gasteiger partial charge is 0.0884 e. The van der Waals surface area contributed by atoms with Gasteiger partial charge in [0.15, 0.2) is 0 Å². The van der Waals surface area contributed by atoms with Crippen LogP contribution in [0.15, 0.2) is 30.3 Å². The van der Waals surface area contributed by atoms with Gasteiger partial charge in [-0.25, -0.2) is 0 Å². The molecule has 1 aliphatic heterocycles. The van der Waals surface area contributed by atoms with Gasteiger partial charge in [-0.3, -0.25) is 0 Å². The van der Waals surface area contributed by atoms with Crippen LogP contribution in [0.3, 0.4) is 0 Å². The molecule has 0 aromatic heterocycles. The summed E-state index contributed by atoms with van der Waals surface area (Å²) in [6, 6.07) is 10.3. The van der Waals surface area contributed by atoms with Crippen molar-refractivity contribution in [1.82, 2.24) is 0 Å². The summed E-state index contributed by atoms with van der Waals surface area (Å²) in [5.41, 5.74) is 0.859. The second-order valence-corrected chi connectivity index (χ2v) is 4.77. The molecule has 0 bridgehead atoms. The molecule has 0 saturated carbocycles. The zero-order valence-electron chi connectivity index (χ0n) is 9.31. The standard InChI is InChI=1S/C13H18O2/c1-13(2)12(14)8-11(9-15-13)10-6-4-3-5-7-10/h3-7,11-12,14H,8-9H2,1-2H3/t11-,12-/m0/s1. The van der Waals surface area contributed by atoms with Crippen molar-refractivity contribution < 1.29 is 9.84 Å².